The molecule has 2 aliphatic carbocycles. The molecule has 0 aliphatic heterocycles. The minimum absolute atomic E-state index is 0. The molecule has 2 unspecified atom stereocenters. The molecule has 2 rings (SSSR count). The van der Waals surface area contributed by atoms with E-state index in [4.69, 9.17) is 0 Å². The Balaban J connectivity index is 0.000000256. The van der Waals surface area contributed by atoms with Gasteiger partial charge in [-0.15, -0.1) is 0 Å². The molecule has 2 fully saturated rings. The second-order valence-corrected chi connectivity index (χ2v) is 4.72. The van der Waals surface area contributed by atoms with Gasteiger partial charge < -0.3 is 12.3 Å². The topological polar surface area (TPSA) is 0 Å². The van der Waals surface area contributed by atoms with Crippen LogP contribution in [0.25, 0.3) is 0 Å². The van der Waals surface area contributed by atoms with Crippen LogP contribution in [-0.2, 0) is 21.1 Å². The van der Waals surface area contributed by atoms with Crippen molar-refractivity contribution in [2.45, 2.75) is 52.9 Å². The minimum Gasteiger partial charge on any atom is -0.323 e. The average molecular weight is 350 g/mol. The van der Waals surface area contributed by atoms with Gasteiger partial charge in [0, 0.05) is 0 Å². The molecule has 0 aromatic carbocycles. The van der Waals surface area contributed by atoms with Crippen LogP contribution in [0.2, 0.25) is 0 Å². The zero-order valence-corrected chi connectivity index (χ0v) is 12.1. The molecule has 2 saturated carbocycles. The van der Waals surface area contributed by atoms with Crippen molar-refractivity contribution in [3.63, 3.8) is 0 Å². The van der Waals surface area contributed by atoms with Gasteiger partial charge in [0.15, 0.2) is 0 Å². The van der Waals surface area contributed by atoms with Crippen LogP contribution in [0.15, 0.2) is 0 Å². The van der Waals surface area contributed by atoms with Gasteiger partial charge in [-0.25, -0.2) is 0 Å². The molecule has 76 valence electrons. The van der Waals surface area contributed by atoms with Gasteiger partial charge in [0.05, 0.1) is 0 Å². The molecule has 0 amide bonds. The van der Waals surface area contributed by atoms with Crippen LogP contribution in [0.1, 0.15) is 52.9 Å². The first kappa shape index (κ1) is 13.7. The van der Waals surface area contributed by atoms with E-state index in [9.17, 15) is 0 Å². The summed E-state index contributed by atoms with van der Waals surface area (Å²) >= 11 is 0. The molecule has 0 saturated heterocycles. The predicted octanol–water partition coefficient (Wildman–Crippen LogP) is 4.02. The standard InChI is InChI=1S/C8H13.C4H9.W/c1-2-7-4-5-8(3-1)6-7;1-4(2)3;/h6-8H,1-5H2;1-3H3;/q2*-1;+2. The predicted molar refractivity (Wildman–Crippen MR) is 54.6 cm³/mol. The number of fused-ring (bicyclic) bond motifs is 2. The first-order valence-corrected chi connectivity index (χ1v) is 5.30. The second kappa shape index (κ2) is 7.04. The molecule has 0 radical (unpaired) electrons. The maximum atomic E-state index is 2.59. The molecule has 0 N–H and O–H groups in total. The molecule has 2 atom stereocenters. The molecule has 2 bridgehead atoms. The SMILES string of the molecule is C[C-](C)C.[CH-]1C2CCCC1CC2.[W+2]. The third-order valence-corrected chi connectivity index (χ3v) is 2.60. The first-order valence-electron chi connectivity index (χ1n) is 5.30. The van der Waals surface area contributed by atoms with E-state index in [-0.39, 0.29) is 21.1 Å². The van der Waals surface area contributed by atoms with Crippen LogP contribution < -0.4 is 0 Å². The molecule has 13 heavy (non-hydrogen) atoms. The van der Waals surface area contributed by atoms with E-state index in [2.05, 4.69) is 27.2 Å². The van der Waals surface area contributed by atoms with Gasteiger partial charge in [-0.3, -0.25) is 0 Å². The Bertz CT molecular complexity index is 104. The summed E-state index contributed by atoms with van der Waals surface area (Å²) in [6.45, 7) is 6.25. The summed E-state index contributed by atoms with van der Waals surface area (Å²) in [6.07, 6.45) is 10.1. The quantitative estimate of drug-likeness (QED) is 0.579. The Kier molecular flexibility index (Phi) is 7.42. The summed E-state index contributed by atoms with van der Waals surface area (Å²) in [7, 11) is 0. The number of rotatable bonds is 0. The zero-order chi connectivity index (χ0) is 8.97. The summed E-state index contributed by atoms with van der Waals surface area (Å²) in [4.78, 5) is 0. The van der Waals surface area contributed by atoms with Crippen LogP contribution in [-0.4, -0.2) is 0 Å². The van der Waals surface area contributed by atoms with E-state index in [0.29, 0.717) is 0 Å². The smallest absolute Gasteiger partial charge is 0.323 e. The maximum absolute atomic E-state index is 2.59. The Morgan fingerprint density at radius 2 is 1.31 bits per heavy atom. The molecular weight excluding hydrogens is 328 g/mol. The van der Waals surface area contributed by atoms with Gasteiger partial charge in [0.2, 0.25) is 0 Å². The molecular formula is C12H22W. The zero-order valence-electron chi connectivity index (χ0n) is 9.18. The van der Waals surface area contributed by atoms with E-state index >= 15 is 0 Å². The van der Waals surface area contributed by atoms with E-state index < -0.39 is 0 Å². The van der Waals surface area contributed by atoms with E-state index in [1.54, 1.807) is 0 Å². The number of hydrogen-bond acceptors (Lipinski definition) is 0. The third-order valence-electron chi connectivity index (χ3n) is 2.60. The molecule has 0 spiro atoms. The van der Waals surface area contributed by atoms with Crippen molar-refractivity contribution < 1.29 is 21.1 Å². The molecule has 0 nitrogen and oxygen atoms in total. The number of hydrogen-bond donors (Lipinski definition) is 0. The molecule has 0 aromatic rings. The van der Waals surface area contributed by atoms with Crippen molar-refractivity contribution in [2.75, 3.05) is 0 Å². The Hall–Kier alpha value is 0.688. The minimum atomic E-state index is 0. The van der Waals surface area contributed by atoms with E-state index in [1.165, 1.54) is 38.0 Å². The first-order chi connectivity index (χ1) is 5.68. The fourth-order valence-electron chi connectivity index (χ4n) is 2.13. The van der Waals surface area contributed by atoms with Crippen LogP contribution in [0.3, 0.4) is 0 Å². The molecule has 2 aliphatic rings. The largest absolute Gasteiger partial charge is 2.00 e. The summed E-state index contributed by atoms with van der Waals surface area (Å²) in [6, 6.07) is 0. The summed E-state index contributed by atoms with van der Waals surface area (Å²) in [5, 5.41) is 0. The van der Waals surface area contributed by atoms with Gasteiger partial charge >= 0.3 is 21.1 Å². The third kappa shape index (κ3) is 5.89. The van der Waals surface area contributed by atoms with Crippen molar-refractivity contribution in [1.82, 2.24) is 0 Å². The normalized spacial score (nSPS) is 30.5. The summed E-state index contributed by atoms with van der Waals surface area (Å²) < 4.78 is 0. The summed E-state index contributed by atoms with van der Waals surface area (Å²) in [5.74, 6) is 3.49. The van der Waals surface area contributed by atoms with E-state index in [1.807, 2.05) is 0 Å². The Labute approximate surface area is 98.1 Å². The summed E-state index contributed by atoms with van der Waals surface area (Å²) in [5.41, 5.74) is 0. The van der Waals surface area contributed by atoms with Crippen molar-refractivity contribution in [2.24, 2.45) is 11.8 Å². The average Bonchev–Trinajstić information content (AvgIpc) is 2.30. The van der Waals surface area contributed by atoms with Crippen molar-refractivity contribution in [1.29, 1.82) is 0 Å². The van der Waals surface area contributed by atoms with Crippen molar-refractivity contribution in [3.05, 3.63) is 12.3 Å². The van der Waals surface area contributed by atoms with Crippen LogP contribution in [0.5, 0.6) is 0 Å². The van der Waals surface area contributed by atoms with Gasteiger partial charge in [0.1, 0.15) is 0 Å². The van der Waals surface area contributed by atoms with Crippen molar-refractivity contribution >= 4 is 0 Å². The fraction of sp³-hybridized carbons (Fsp3) is 0.833. The molecule has 0 aromatic heterocycles. The molecule has 0 heterocycles. The van der Waals surface area contributed by atoms with Gasteiger partial charge in [-0.2, -0.15) is 32.6 Å². The van der Waals surface area contributed by atoms with Crippen molar-refractivity contribution in [3.8, 4) is 0 Å². The van der Waals surface area contributed by atoms with Crippen LogP contribution in [0.4, 0.5) is 0 Å². The Morgan fingerprint density at radius 1 is 0.923 bits per heavy atom. The monoisotopic (exact) mass is 350 g/mol. The van der Waals surface area contributed by atoms with Crippen LogP contribution >= 0.6 is 0 Å². The van der Waals surface area contributed by atoms with Crippen LogP contribution in [0, 0.1) is 24.2 Å². The van der Waals surface area contributed by atoms with Gasteiger partial charge in [-0.1, -0.05) is 32.1 Å². The maximum Gasteiger partial charge on any atom is 2.00 e. The van der Waals surface area contributed by atoms with E-state index in [0.717, 1.165) is 11.8 Å². The second-order valence-electron chi connectivity index (χ2n) is 4.72. The van der Waals surface area contributed by atoms with Gasteiger partial charge in [-0.05, 0) is 0 Å². The van der Waals surface area contributed by atoms with Gasteiger partial charge in [0.25, 0.3) is 0 Å². The Morgan fingerprint density at radius 3 is 1.62 bits per heavy atom. The molecule has 1 heteroatoms. The fourth-order valence-corrected chi connectivity index (χ4v) is 2.13.